The van der Waals surface area contributed by atoms with Crippen LogP contribution in [0.4, 0.5) is 8.78 Å². The van der Waals surface area contributed by atoms with E-state index in [4.69, 9.17) is 14.7 Å². The summed E-state index contributed by atoms with van der Waals surface area (Å²) in [5.74, 6) is 1.28. The summed E-state index contributed by atoms with van der Waals surface area (Å²) in [6, 6.07) is 13.9. The van der Waals surface area contributed by atoms with Crippen LogP contribution in [0.1, 0.15) is 43.1 Å². The van der Waals surface area contributed by atoms with Crippen molar-refractivity contribution in [2.75, 3.05) is 6.61 Å². The first-order valence-electron chi connectivity index (χ1n) is 11.2. The summed E-state index contributed by atoms with van der Waals surface area (Å²) in [5, 5.41) is 9.09. The molecule has 0 unspecified atom stereocenters. The van der Waals surface area contributed by atoms with Crippen LogP contribution in [0.15, 0.2) is 54.9 Å². The van der Waals surface area contributed by atoms with Gasteiger partial charge in [0.15, 0.2) is 17.1 Å². The zero-order valence-electron chi connectivity index (χ0n) is 19.1. The molecular formula is C26H23F2N5O2. The number of ether oxygens (including phenoxy) is 2. The van der Waals surface area contributed by atoms with Crippen LogP contribution < -0.4 is 9.47 Å². The molecule has 4 aromatic rings. The standard InChI is InChI=1S/C26H23F2N5O2/c1-2-3-4-15-34-24-19(7-5-9-21(24)35-26(27)28)11-13-23-32-20-8-6-14-30-25(20)33(23)22-12-10-18(16-29)17-31-22/h5-14,17,26H,2-4,15H2,1H3. The summed E-state index contributed by atoms with van der Waals surface area (Å²) >= 11 is 0. The Morgan fingerprint density at radius 3 is 2.71 bits per heavy atom. The van der Waals surface area contributed by atoms with Gasteiger partial charge in [0.2, 0.25) is 0 Å². The molecule has 0 radical (unpaired) electrons. The summed E-state index contributed by atoms with van der Waals surface area (Å²) < 4.78 is 38.3. The number of pyridine rings is 2. The first-order valence-corrected chi connectivity index (χ1v) is 11.2. The van der Waals surface area contributed by atoms with E-state index in [9.17, 15) is 8.78 Å². The number of para-hydroxylation sites is 1. The minimum Gasteiger partial charge on any atom is -0.489 e. The number of nitriles is 1. The van der Waals surface area contributed by atoms with Crippen molar-refractivity contribution in [2.45, 2.75) is 32.8 Å². The van der Waals surface area contributed by atoms with Crippen LogP contribution in [0.5, 0.6) is 11.5 Å². The van der Waals surface area contributed by atoms with Crippen LogP contribution in [0.25, 0.3) is 29.1 Å². The molecule has 178 valence electrons. The Balaban J connectivity index is 1.74. The van der Waals surface area contributed by atoms with Gasteiger partial charge < -0.3 is 9.47 Å². The molecular weight excluding hydrogens is 452 g/mol. The summed E-state index contributed by atoms with van der Waals surface area (Å²) in [6.45, 7) is -0.508. The van der Waals surface area contributed by atoms with Gasteiger partial charge in [-0.25, -0.2) is 15.0 Å². The molecule has 9 heteroatoms. The third kappa shape index (κ3) is 5.61. The molecule has 3 heterocycles. The SMILES string of the molecule is CCCCCOc1c(C=Cc2nc3cccnc3n2-c2ccc(C#N)cn2)cccc1OC(F)F. The molecule has 3 aromatic heterocycles. The first kappa shape index (κ1) is 23.8. The topological polar surface area (TPSA) is 85.9 Å². The van der Waals surface area contributed by atoms with Gasteiger partial charge in [0.25, 0.3) is 0 Å². The van der Waals surface area contributed by atoms with Crippen LogP contribution >= 0.6 is 0 Å². The fourth-order valence-electron chi connectivity index (χ4n) is 3.55. The van der Waals surface area contributed by atoms with Gasteiger partial charge in [-0.2, -0.15) is 14.0 Å². The summed E-state index contributed by atoms with van der Waals surface area (Å²) in [4.78, 5) is 13.5. The molecule has 35 heavy (non-hydrogen) atoms. The largest absolute Gasteiger partial charge is 0.489 e. The average Bonchev–Trinajstić information content (AvgIpc) is 3.24. The van der Waals surface area contributed by atoms with Gasteiger partial charge in [-0.1, -0.05) is 31.9 Å². The molecule has 0 fully saturated rings. The van der Waals surface area contributed by atoms with Crippen LogP contribution in [-0.2, 0) is 0 Å². The summed E-state index contributed by atoms with van der Waals surface area (Å²) in [7, 11) is 0. The minimum absolute atomic E-state index is 0.0254. The lowest BCUT2D eigenvalue weighted by Crippen LogP contribution is -2.06. The van der Waals surface area contributed by atoms with Crippen molar-refractivity contribution < 1.29 is 18.3 Å². The van der Waals surface area contributed by atoms with E-state index in [-0.39, 0.29) is 11.5 Å². The molecule has 0 amide bonds. The van der Waals surface area contributed by atoms with Crippen LogP contribution in [0.3, 0.4) is 0 Å². The number of rotatable bonds is 10. The van der Waals surface area contributed by atoms with E-state index < -0.39 is 6.61 Å². The van der Waals surface area contributed by atoms with Crippen LogP contribution in [0.2, 0.25) is 0 Å². The van der Waals surface area contributed by atoms with Crippen molar-refractivity contribution in [3.63, 3.8) is 0 Å². The van der Waals surface area contributed by atoms with Gasteiger partial charge in [0.05, 0.1) is 12.2 Å². The van der Waals surface area contributed by atoms with Crippen LogP contribution in [0, 0.1) is 11.3 Å². The van der Waals surface area contributed by atoms with E-state index in [1.54, 1.807) is 53.2 Å². The predicted molar refractivity (Wildman–Crippen MR) is 128 cm³/mol. The van der Waals surface area contributed by atoms with E-state index in [0.29, 0.717) is 40.5 Å². The molecule has 4 rings (SSSR count). The maximum atomic E-state index is 13.0. The quantitative estimate of drug-likeness (QED) is 0.260. The Bertz CT molecular complexity index is 1360. The maximum absolute atomic E-state index is 13.0. The molecule has 7 nitrogen and oxygen atoms in total. The van der Waals surface area contributed by atoms with Crippen molar-refractivity contribution >= 4 is 23.3 Å². The summed E-state index contributed by atoms with van der Waals surface area (Å²) in [6.07, 6.45) is 9.39. The van der Waals surface area contributed by atoms with Gasteiger partial charge in [-0.3, -0.25) is 4.57 Å². The number of benzene rings is 1. The highest BCUT2D eigenvalue weighted by atomic mass is 19.3. The molecule has 0 spiro atoms. The number of alkyl halides is 2. The third-order valence-electron chi connectivity index (χ3n) is 5.18. The molecule has 0 saturated carbocycles. The Kier molecular flexibility index (Phi) is 7.63. The number of hydrogen-bond acceptors (Lipinski definition) is 6. The molecule has 0 saturated heterocycles. The van der Waals surface area contributed by atoms with Crippen molar-refractivity contribution in [1.82, 2.24) is 19.5 Å². The smallest absolute Gasteiger partial charge is 0.387 e. The summed E-state index contributed by atoms with van der Waals surface area (Å²) in [5.41, 5.74) is 2.25. The van der Waals surface area contributed by atoms with Crippen molar-refractivity contribution in [3.05, 3.63) is 71.8 Å². The minimum atomic E-state index is -2.97. The molecule has 0 aliphatic rings. The predicted octanol–water partition coefficient (Wildman–Crippen LogP) is 6.03. The normalized spacial score (nSPS) is 11.3. The van der Waals surface area contributed by atoms with Gasteiger partial charge in [0.1, 0.15) is 23.2 Å². The molecule has 0 N–H and O–H groups in total. The highest BCUT2D eigenvalue weighted by Crippen LogP contribution is 2.34. The van der Waals surface area contributed by atoms with Gasteiger partial charge in [-0.15, -0.1) is 0 Å². The molecule has 1 aromatic carbocycles. The lowest BCUT2D eigenvalue weighted by Gasteiger charge is -2.14. The van der Waals surface area contributed by atoms with Crippen molar-refractivity contribution in [3.8, 4) is 23.4 Å². The van der Waals surface area contributed by atoms with E-state index >= 15 is 0 Å². The second kappa shape index (κ2) is 11.2. The second-order valence-corrected chi connectivity index (χ2v) is 7.61. The monoisotopic (exact) mass is 475 g/mol. The van der Waals surface area contributed by atoms with Crippen molar-refractivity contribution in [1.29, 1.82) is 5.26 Å². The second-order valence-electron chi connectivity index (χ2n) is 7.61. The van der Waals surface area contributed by atoms with E-state index in [0.717, 1.165) is 19.3 Å². The number of hydrogen-bond donors (Lipinski definition) is 0. The zero-order chi connectivity index (χ0) is 24.6. The lowest BCUT2D eigenvalue weighted by molar-refractivity contribution is -0.0515. The molecule has 0 aliphatic heterocycles. The van der Waals surface area contributed by atoms with E-state index in [1.807, 2.05) is 6.07 Å². The number of halogens is 2. The third-order valence-corrected chi connectivity index (χ3v) is 5.18. The van der Waals surface area contributed by atoms with Crippen molar-refractivity contribution in [2.24, 2.45) is 0 Å². The van der Waals surface area contributed by atoms with Crippen LogP contribution in [-0.4, -0.2) is 32.7 Å². The number of aromatic nitrogens is 4. The Labute approximate surface area is 201 Å². The molecule has 0 bridgehead atoms. The Hall–Kier alpha value is -4.32. The Morgan fingerprint density at radius 2 is 1.97 bits per heavy atom. The maximum Gasteiger partial charge on any atom is 0.387 e. The highest BCUT2D eigenvalue weighted by Gasteiger charge is 2.16. The fraction of sp³-hybridized carbons (Fsp3) is 0.231. The van der Waals surface area contributed by atoms with Gasteiger partial charge in [0, 0.05) is 18.0 Å². The lowest BCUT2D eigenvalue weighted by atomic mass is 10.1. The average molecular weight is 475 g/mol. The first-order chi connectivity index (χ1) is 17.1. The number of fused-ring (bicyclic) bond motifs is 1. The van der Waals surface area contributed by atoms with E-state index in [2.05, 4.69) is 27.9 Å². The van der Waals surface area contributed by atoms with Gasteiger partial charge in [-0.05, 0) is 48.9 Å². The highest BCUT2D eigenvalue weighted by molar-refractivity contribution is 5.80. The molecule has 0 aliphatic carbocycles. The number of nitrogens with zero attached hydrogens (tertiary/aromatic N) is 5. The zero-order valence-corrected chi connectivity index (χ0v) is 19.1. The molecule has 0 atom stereocenters. The Morgan fingerprint density at radius 1 is 1.09 bits per heavy atom. The number of imidazole rings is 1. The number of unbranched alkanes of at least 4 members (excludes halogenated alkanes) is 2. The fourth-order valence-corrected chi connectivity index (χ4v) is 3.55. The van der Waals surface area contributed by atoms with Gasteiger partial charge >= 0.3 is 6.61 Å². The van der Waals surface area contributed by atoms with E-state index in [1.165, 1.54) is 12.3 Å².